The van der Waals surface area contributed by atoms with Gasteiger partial charge in [0.15, 0.2) is 4.90 Å². The summed E-state index contributed by atoms with van der Waals surface area (Å²) in [5, 5.41) is 2.16. The molecule has 0 aliphatic heterocycles. The van der Waals surface area contributed by atoms with Crippen molar-refractivity contribution >= 4 is 15.9 Å². The van der Waals surface area contributed by atoms with Gasteiger partial charge in [0.1, 0.15) is 11.6 Å². The van der Waals surface area contributed by atoms with Crippen LogP contribution in [0.2, 0.25) is 0 Å². The lowest BCUT2D eigenvalue weighted by Gasteiger charge is -2.07. The topological polar surface area (TPSA) is 75.3 Å². The fourth-order valence-electron chi connectivity index (χ4n) is 1.06. The lowest BCUT2D eigenvalue weighted by molar-refractivity contribution is -0.119. The number of hydrogen-bond donors (Lipinski definition) is 2. The maximum atomic E-state index is 13.2. The van der Waals surface area contributed by atoms with Gasteiger partial charge in [-0.1, -0.05) is 6.07 Å². The number of sulfonamides is 1. The Balaban J connectivity index is 3.02. The molecule has 0 saturated heterocycles. The van der Waals surface area contributed by atoms with Crippen LogP contribution in [-0.4, -0.2) is 27.9 Å². The summed E-state index contributed by atoms with van der Waals surface area (Å²) in [6, 6.07) is 2.68. The number of likely N-dealkylation sites (N-methyl/N-ethyl adjacent to an activating group) is 1. The van der Waals surface area contributed by atoms with E-state index < -0.39 is 39.0 Å². The molecular weight excluding hydrogens is 254 g/mol. The number of halogens is 2. The standard InChI is InChI=1S/C9H10F2N2O3S/c1-12-8(14)5-13-17(15,16)9-6(10)3-2-4-7(9)11/h2-4,13H,5H2,1H3,(H,12,14). The average molecular weight is 264 g/mol. The van der Waals surface area contributed by atoms with Crippen LogP contribution in [0, 0.1) is 11.6 Å². The van der Waals surface area contributed by atoms with Crippen molar-refractivity contribution < 1.29 is 22.0 Å². The molecular formula is C9H10F2N2O3S. The maximum Gasteiger partial charge on any atom is 0.246 e. The van der Waals surface area contributed by atoms with Crippen LogP contribution in [0.25, 0.3) is 0 Å². The molecule has 94 valence electrons. The molecule has 8 heteroatoms. The number of carbonyl (C=O) groups excluding carboxylic acids is 1. The molecule has 0 aromatic heterocycles. The van der Waals surface area contributed by atoms with E-state index in [1.54, 1.807) is 4.72 Å². The Labute approximate surface area is 96.9 Å². The summed E-state index contributed by atoms with van der Waals surface area (Å²) in [6.45, 7) is -0.591. The molecule has 0 heterocycles. The van der Waals surface area contributed by atoms with Crippen molar-refractivity contribution in [3.63, 3.8) is 0 Å². The van der Waals surface area contributed by atoms with Gasteiger partial charge in [-0.25, -0.2) is 21.9 Å². The molecule has 1 aromatic carbocycles. The highest BCUT2D eigenvalue weighted by atomic mass is 32.2. The summed E-state index contributed by atoms with van der Waals surface area (Å²) in [7, 11) is -3.08. The maximum absolute atomic E-state index is 13.2. The SMILES string of the molecule is CNC(=O)CNS(=O)(=O)c1c(F)cccc1F. The molecule has 1 aromatic rings. The first-order valence-electron chi connectivity index (χ1n) is 4.52. The van der Waals surface area contributed by atoms with E-state index in [2.05, 4.69) is 5.32 Å². The van der Waals surface area contributed by atoms with Crippen molar-refractivity contribution in [2.75, 3.05) is 13.6 Å². The Bertz CT molecular complexity index is 511. The van der Waals surface area contributed by atoms with Crippen LogP contribution in [0.3, 0.4) is 0 Å². The predicted octanol–water partition coefficient (Wildman–Crippen LogP) is -0.0109. The van der Waals surface area contributed by atoms with Crippen LogP contribution >= 0.6 is 0 Å². The van der Waals surface area contributed by atoms with Crippen molar-refractivity contribution in [2.24, 2.45) is 0 Å². The number of rotatable bonds is 4. The molecule has 0 radical (unpaired) electrons. The van der Waals surface area contributed by atoms with Gasteiger partial charge in [-0.3, -0.25) is 4.79 Å². The fourth-order valence-corrected chi connectivity index (χ4v) is 2.18. The normalized spacial score (nSPS) is 11.2. The Morgan fingerprint density at radius 1 is 1.29 bits per heavy atom. The average Bonchev–Trinajstić information content (AvgIpc) is 2.25. The number of hydrogen-bond acceptors (Lipinski definition) is 3. The molecule has 17 heavy (non-hydrogen) atoms. The first-order valence-corrected chi connectivity index (χ1v) is 6.01. The molecule has 0 spiro atoms. The van der Waals surface area contributed by atoms with E-state index in [0.29, 0.717) is 0 Å². The Kier molecular flexibility index (Phi) is 4.13. The molecule has 2 N–H and O–H groups in total. The van der Waals surface area contributed by atoms with E-state index in [4.69, 9.17) is 0 Å². The van der Waals surface area contributed by atoms with Crippen molar-refractivity contribution in [1.82, 2.24) is 10.0 Å². The fraction of sp³-hybridized carbons (Fsp3) is 0.222. The first-order chi connectivity index (χ1) is 7.88. The second-order valence-electron chi connectivity index (χ2n) is 3.05. The van der Waals surface area contributed by atoms with Crippen LogP contribution in [0.15, 0.2) is 23.1 Å². The van der Waals surface area contributed by atoms with Crippen LogP contribution in [-0.2, 0) is 14.8 Å². The zero-order valence-electron chi connectivity index (χ0n) is 8.83. The number of benzene rings is 1. The molecule has 0 unspecified atom stereocenters. The van der Waals surface area contributed by atoms with Crippen LogP contribution in [0.4, 0.5) is 8.78 Å². The van der Waals surface area contributed by atoms with Crippen molar-refractivity contribution in [2.45, 2.75) is 4.90 Å². The quantitative estimate of drug-likeness (QED) is 0.803. The Morgan fingerprint density at radius 3 is 2.29 bits per heavy atom. The first kappa shape index (κ1) is 13.5. The number of carbonyl (C=O) groups is 1. The van der Waals surface area contributed by atoms with Crippen molar-refractivity contribution in [3.8, 4) is 0 Å². The van der Waals surface area contributed by atoms with Gasteiger partial charge in [-0.2, -0.15) is 0 Å². The highest BCUT2D eigenvalue weighted by Gasteiger charge is 2.23. The molecule has 0 saturated carbocycles. The third kappa shape index (κ3) is 3.21. The van der Waals surface area contributed by atoms with E-state index in [1.807, 2.05) is 0 Å². The Hall–Kier alpha value is -1.54. The smallest absolute Gasteiger partial charge is 0.246 e. The Morgan fingerprint density at radius 2 is 1.82 bits per heavy atom. The van der Waals surface area contributed by atoms with Gasteiger partial charge in [0.05, 0.1) is 6.54 Å². The minimum Gasteiger partial charge on any atom is -0.358 e. The zero-order valence-corrected chi connectivity index (χ0v) is 9.64. The van der Waals surface area contributed by atoms with Crippen LogP contribution < -0.4 is 10.0 Å². The van der Waals surface area contributed by atoms with Gasteiger partial charge < -0.3 is 5.32 Å². The third-order valence-corrected chi connectivity index (χ3v) is 3.34. The predicted molar refractivity (Wildman–Crippen MR) is 55.6 cm³/mol. The van der Waals surface area contributed by atoms with Crippen molar-refractivity contribution in [3.05, 3.63) is 29.8 Å². The van der Waals surface area contributed by atoms with E-state index in [9.17, 15) is 22.0 Å². The van der Waals surface area contributed by atoms with Gasteiger partial charge in [-0.05, 0) is 12.1 Å². The van der Waals surface area contributed by atoms with Gasteiger partial charge in [0.25, 0.3) is 0 Å². The third-order valence-electron chi connectivity index (χ3n) is 1.89. The van der Waals surface area contributed by atoms with Gasteiger partial charge in [0.2, 0.25) is 15.9 Å². The minimum absolute atomic E-state index is 0.591. The summed E-state index contributed by atoms with van der Waals surface area (Å²) in [4.78, 5) is 9.74. The molecule has 1 rings (SSSR count). The molecule has 0 bridgehead atoms. The van der Waals surface area contributed by atoms with E-state index in [0.717, 1.165) is 18.2 Å². The van der Waals surface area contributed by atoms with Gasteiger partial charge >= 0.3 is 0 Å². The molecule has 1 amide bonds. The molecule has 5 nitrogen and oxygen atoms in total. The van der Waals surface area contributed by atoms with E-state index >= 15 is 0 Å². The highest BCUT2D eigenvalue weighted by molar-refractivity contribution is 7.89. The molecule has 0 aliphatic rings. The second kappa shape index (κ2) is 5.19. The lowest BCUT2D eigenvalue weighted by Crippen LogP contribution is -2.35. The van der Waals surface area contributed by atoms with Gasteiger partial charge in [0, 0.05) is 7.05 Å². The van der Waals surface area contributed by atoms with Crippen LogP contribution in [0.5, 0.6) is 0 Å². The highest BCUT2D eigenvalue weighted by Crippen LogP contribution is 2.17. The lowest BCUT2D eigenvalue weighted by atomic mass is 10.3. The largest absolute Gasteiger partial charge is 0.358 e. The summed E-state index contributed by atoms with van der Waals surface area (Å²) in [5.41, 5.74) is 0. The molecule has 0 atom stereocenters. The summed E-state index contributed by atoms with van der Waals surface area (Å²) in [5.74, 6) is -3.05. The molecule has 0 fully saturated rings. The second-order valence-corrected chi connectivity index (χ2v) is 4.75. The monoisotopic (exact) mass is 264 g/mol. The zero-order chi connectivity index (χ0) is 13.1. The van der Waals surface area contributed by atoms with Crippen molar-refractivity contribution in [1.29, 1.82) is 0 Å². The van der Waals surface area contributed by atoms with E-state index in [-0.39, 0.29) is 0 Å². The number of nitrogens with one attached hydrogen (secondary N) is 2. The van der Waals surface area contributed by atoms with Crippen LogP contribution in [0.1, 0.15) is 0 Å². The summed E-state index contributed by atoms with van der Waals surface area (Å²) < 4.78 is 51.2. The van der Waals surface area contributed by atoms with E-state index in [1.165, 1.54) is 7.05 Å². The summed E-state index contributed by atoms with van der Waals surface area (Å²) in [6.07, 6.45) is 0. The summed E-state index contributed by atoms with van der Waals surface area (Å²) >= 11 is 0. The molecule has 0 aliphatic carbocycles. The minimum atomic E-state index is -4.39. The van der Waals surface area contributed by atoms with Gasteiger partial charge in [-0.15, -0.1) is 0 Å². The number of amides is 1.